The Labute approximate surface area is 138 Å². The molecule has 0 spiro atoms. The lowest BCUT2D eigenvalue weighted by Crippen LogP contribution is -2.25. The number of aromatic nitrogens is 1. The number of benzene rings is 1. The first-order valence-electron chi connectivity index (χ1n) is 7.63. The van der Waals surface area contributed by atoms with Crippen molar-refractivity contribution in [3.63, 3.8) is 0 Å². The van der Waals surface area contributed by atoms with Crippen molar-refractivity contribution in [3.05, 3.63) is 51.0 Å². The molecule has 3 rings (SSSR count). The summed E-state index contributed by atoms with van der Waals surface area (Å²) in [6, 6.07) is 7.70. The Morgan fingerprint density at radius 3 is 2.70 bits per heavy atom. The van der Waals surface area contributed by atoms with Crippen LogP contribution in [0, 0.1) is 6.92 Å². The molecular formula is C17H18N2O3S. The van der Waals surface area contributed by atoms with E-state index in [2.05, 4.69) is 10.3 Å². The maximum atomic E-state index is 12.5. The number of aryl methyl sites for hydroxylation is 1. The summed E-state index contributed by atoms with van der Waals surface area (Å²) in [5, 5.41) is 12.5. The number of carboxylic acid groups (broad SMARTS) is 1. The molecule has 1 aromatic heterocycles. The minimum atomic E-state index is -0.979. The van der Waals surface area contributed by atoms with E-state index in [1.807, 2.05) is 24.3 Å². The van der Waals surface area contributed by atoms with E-state index in [0.717, 1.165) is 29.7 Å². The van der Waals surface area contributed by atoms with Crippen LogP contribution in [-0.2, 0) is 6.54 Å². The quantitative estimate of drug-likeness (QED) is 0.881. The molecule has 0 aliphatic heterocycles. The standard InChI is InChI=1S/C17H18N2O3S/c1-10-15(17(21)22)23-14(19-10)9-18-16(20)13-8-3-2-7-12(13)11-5-4-6-11/h2-3,7-8,11H,4-6,9H2,1H3,(H,18,20)(H,21,22). The van der Waals surface area contributed by atoms with Crippen LogP contribution in [0.25, 0.3) is 0 Å². The number of aromatic carboxylic acids is 1. The molecule has 5 nitrogen and oxygen atoms in total. The van der Waals surface area contributed by atoms with Gasteiger partial charge in [0, 0.05) is 5.56 Å². The Morgan fingerprint density at radius 1 is 1.35 bits per heavy atom. The average Bonchev–Trinajstić information content (AvgIpc) is 2.85. The Balaban J connectivity index is 1.70. The van der Waals surface area contributed by atoms with Gasteiger partial charge in [0.1, 0.15) is 9.88 Å². The highest BCUT2D eigenvalue weighted by molar-refractivity contribution is 7.13. The van der Waals surface area contributed by atoms with Crippen LogP contribution >= 0.6 is 11.3 Å². The Kier molecular flexibility index (Phi) is 4.43. The van der Waals surface area contributed by atoms with Crippen molar-refractivity contribution in [2.45, 2.75) is 38.6 Å². The maximum Gasteiger partial charge on any atom is 0.347 e. The molecule has 1 aliphatic rings. The smallest absolute Gasteiger partial charge is 0.347 e. The number of nitrogens with zero attached hydrogens (tertiary/aromatic N) is 1. The lowest BCUT2D eigenvalue weighted by atomic mass is 9.78. The van der Waals surface area contributed by atoms with Gasteiger partial charge < -0.3 is 10.4 Å². The van der Waals surface area contributed by atoms with Gasteiger partial charge in [0.15, 0.2) is 0 Å². The zero-order valence-corrected chi connectivity index (χ0v) is 13.7. The van der Waals surface area contributed by atoms with Gasteiger partial charge in [-0.15, -0.1) is 11.3 Å². The van der Waals surface area contributed by atoms with Crippen molar-refractivity contribution in [2.75, 3.05) is 0 Å². The molecule has 1 fully saturated rings. The van der Waals surface area contributed by atoms with Gasteiger partial charge in [-0.3, -0.25) is 4.79 Å². The Morgan fingerprint density at radius 2 is 2.09 bits per heavy atom. The van der Waals surface area contributed by atoms with Crippen molar-refractivity contribution in [3.8, 4) is 0 Å². The number of thiazole rings is 1. The minimum absolute atomic E-state index is 0.128. The molecule has 1 heterocycles. The van der Waals surface area contributed by atoms with Gasteiger partial charge in [0.25, 0.3) is 5.91 Å². The summed E-state index contributed by atoms with van der Waals surface area (Å²) >= 11 is 1.11. The summed E-state index contributed by atoms with van der Waals surface area (Å²) in [5.74, 6) is -0.622. The van der Waals surface area contributed by atoms with Crippen molar-refractivity contribution in [1.82, 2.24) is 10.3 Å². The molecular weight excluding hydrogens is 312 g/mol. The molecule has 6 heteroatoms. The number of hydrogen-bond acceptors (Lipinski definition) is 4. The summed E-state index contributed by atoms with van der Waals surface area (Å²) in [7, 11) is 0. The van der Waals surface area contributed by atoms with Crippen molar-refractivity contribution < 1.29 is 14.7 Å². The molecule has 0 radical (unpaired) electrons. The number of carbonyl (C=O) groups is 2. The highest BCUT2D eigenvalue weighted by Crippen LogP contribution is 2.37. The number of amides is 1. The lowest BCUT2D eigenvalue weighted by Gasteiger charge is -2.27. The molecule has 2 aromatic rings. The first kappa shape index (κ1) is 15.7. The summed E-state index contributed by atoms with van der Waals surface area (Å²) in [5.41, 5.74) is 2.31. The van der Waals surface area contributed by atoms with E-state index in [9.17, 15) is 9.59 Å². The monoisotopic (exact) mass is 330 g/mol. The number of hydrogen-bond donors (Lipinski definition) is 2. The van der Waals surface area contributed by atoms with E-state index in [1.165, 1.54) is 6.42 Å². The fourth-order valence-corrected chi connectivity index (χ4v) is 3.60. The van der Waals surface area contributed by atoms with Crippen LogP contribution in [0.4, 0.5) is 0 Å². The van der Waals surface area contributed by atoms with Crippen LogP contribution in [0.15, 0.2) is 24.3 Å². The number of carboxylic acids is 1. The van der Waals surface area contributed by atoms with Crippen LogP contribution in [0.3, 0.4) is 0 Å². The van der Waals surface area contributed by atoms with Gasteiger partial charge in [-0.1, -0.05) is 24.6 Å². The van der Waals surface area contributed by atoms with Crippen LogP contribution in [-0.4, -0.2) is 22.0 Å². The zero-order valence-electron chi connectivity index (χ0n) is 12.8. The van der Waals surface area contributed by atoms with E-state index < -0.39 is 5.97 Å². The third kappa shape index (κ3) is 3.27. The maximum absolute atomic E-state index is 12.5. The van der Waals surface area contributed by atoms with Crippen LogP contribution in [0.5, 0.6) is 0 Å². The molecule has 0 saturated heterocycles. The molecule has 0 bridgehead atoms. The molecule has 1 aromatic carbocycles. The predicted molar refractivity (Wildman–Crippen MR) is 88.0 cm³/mol. The van der Waals surface area contributed by atoms with Crippen LogP contribution in [0.2, 0.25) is 0 Å². The molecule has 1 amide bonds. The average molecular weight is 330 g/mol. The van der Waals surface area contributed by atoms with Crippen molar-refractivity contribution in [1.29, 1.82) is 0 Å². The van der Waals surface area contributed by atoms with Crippen molar-refractivity contribution >= 4 is 23.2 Å². The molecule has 1 saturated carbocycles. The van der Waals surface area contributed by atoms with Gasteiger partial charge in [-0.05, 0) is 37.3 Å². The molecule has 120 valence electrons. The molecule has 2 N–H and O–H groups in total. The summed E-state index contributed by atoms with van der Waals surface area (Å²) < 4.78 is 0. The Hall–Kier alpha value is -2.21. The van der Waals surface area contributed by atoms with Gasteiger partial charge in [0.05, 0.1) is 12.2 Å². The minimum Gasteiger partial charge on any atom is -0.477 e. The first-order valence-corrected chi connectivity index (χ1v) is 8.44. The highest BCUT2D eigenvalue weighted by Gasteiger charge is 2.24. The topological polar surface area (TPSA) is 79.3 Å². The second-order valence-corrected chi connectivity index (χ2v) is 6.81. The molecule has 0 unspecified atom stereocenters. The zero-order chi connectivity index (χ0) is 16.4. The van der Waals surface area contributed by atoms with E-state index in [-0.39, 0.29) is 17.3 Å². The summed E-state index contributed by atoms with van der Waals surface area (Å²) in [6.45, 7) is 1.91. The fourth-order valence-electron chi connectivity index (χ4n) is 2.76. The third-order valence-electron chi connectivity index (χ3n) is 4.19. The van der Waals surface area contributed by atoms with Gasteiger partial charge in [-0.25, -0.2) is 9.78 Å². The van der Waals surface area contributed by atoms with Crippen molar-refractivity contribution in [2.24, 2.45) is 0 Å². The van der Waals surface area contributed by atoms with E-state index >= 15 is 0 Å². The molecule has 1 aliphatic carbocycles. The normalized spacial score (nSPS) is 14.3. The summed E-state index contributed by atoms with van der Waals surface area (Å²) in [6.07, 6.45) is 3.49. The van der Waals surface area contributed by atoms with Gasteiger partial charge in [-0.2, -0.15) is 0 Å². The second kappa shape index (κ2) is 6.50. The third-order valence-corrected chi connectivity index (χ3v) is 5.33. The fraction of sp³-hybridized carbons (Fsp3) is 0.353. The van der Waals surface area contributed by atoms with E-state index in [1.54, 1.807) is 6.92 Å². The first-order chi connectivity index (χ1) is 11.1. The number of carbonyl (C=O) groups excluding carboxylic acids is 1. The number of rotatable bonds is 5. The molecule has 23 heavy (non-hydrogen) atoms. The highest BCUT2D eigenvalue weighted by atomic mass is 32.1. The Bertz CT molecular complexity index is 750. The van der Waals surface area contributed by atoms with E-state index in [0.29, 0.717) is 22.2 Å². The van der Waals surface area contributed by atoms with Crippen LogP contribution < -0.4 is 5.32 Å². The van der Waals surface area contributed by atoms with E-state index in [4.69, 9.17) is 5.11 Å². The molecule has 0 atom stereocenters. The largest absolute Gasteiger partial charge is 0.477 e. The summed E-state index contributed by atoms with van der Waals surface area (Å²) in [4.78, 5) is 27.9. The second-order valence-electron chi connectivity index (χ2n) is 5.73. The SMILES string of the molecule is Cc1nc(CNC(=O)c2ccccc2C2CCC2)sc1C(=O)O. The lowest BCUT2D eigenvalue weighted by molar-refractivity contribution is 0.0701. The number of nitrogens with one attached hydrogen (secondary N) is 1. The van der Waals surface area contributed by atoms with Crippen LogP contribution in [0.1, 0.15) is 61.5 Å². The predicted octanol–water partition coefficient (Wildman–Crippen LogP) is 3.35. The van der Waals surface area contributed by atoms with Gasteiger partial charge in [0.2, 0.25) is 0 Å². The van der Waals surface area contributed by atoms with Gasteiger partial charge >= 0.3 is 5.97 Å².